The first-order chi connectivity index (χ1) is 5.99. The summed E-state index contributed by atoms with van der Waals surface area (Å²) in [6.45, 7) is 1.08. The molecule has 1 saturated heterocycles. The van der Waals surface area contributed by atoms with Gasteiger partial charge < -0.3 is 4.74 Å². The Morgan fingerprint density at radius 3 is 2.69 bits per heavy atom. The maximum Gasteiger partial charge on any atom is 0.147 e. The van der Waals surface area contributed by atoms with E-state index in [4.69, 9.17) is 4.74 Å². The summed E-state index contributed by atoms with van der Waals surface area (Å²) in [6.07, 6.45) is 2.01. The van der Waals surface area contributed by atoms with Crippen LogP contribution in [0.3, 0.4) is 0 Å². The zero-order chi connectivity index (χ0) is 9.90. The Morgan fingerprint density at radius 1 is 1.54 bits per heavy atom. The van der Waals surface area contributed by atoms with Gasteiger partial charge in [-0.25, -0.2) is 8.42 Å². The molecular weight excluding hydrogens is 192 g/mol. The minimum atomic E-state index is -3.01. The molecule has 0 amide bonds. The molecule has 13 heavy (non-hydrogen) atoms. The molecule has 0 spiro atoms. The molecule has 0 N–H and O–H groups in total. The minimum absolute atomic E-state index is 0.0166. The standard InChI is InChI=1S/C8H14O4S/c1-13(10,11)5-3-8(9)7-2-4-12-6-7/h7H,2-6H2,1H3. The second kappa shape index (κ2) is 4.19. The summed E-state index contributed by atoms with van der Waals surface area (Å²) < 4.78 is 26.6. The lowest BCUT2D eigenvalue weighted by molar-refractivity contribution is -0.122. The fourth-order valence-corrected chi connectivity index (χ4v) is 1.85. The Bertz CT molecular complexity index is 275. The topological polar surface area (TPSA) is 60.4 Å². The quantitative estimate of drug-likeness (QED) is 0.651. The van der Waals surface area contributed by atoms with Gasteiger partial charge in [0.15, 0.2) is 0 Å². The van der Waals surface area contributed by atoms with Crippen molar-refractivity contribution in [1.29, 1.82) is 0 Å². The molecule has 0 aromatic heterocycles. The first-order valence-corrected chi connectivity index (χ1v) is 6.33. The third-order valence-corrected chi connectivity index (χ3v) is 3.05. The molecule has 4 nitrogen and oxygen atoms in total. The Hall–Kier alpha value is -0.420. The van der Waals surface area contributed by atoms with Crippen molar-refractivity contribution < 1.29 is 17.9 Å². The second-order valence-electron chi connectivity index (χ2n) is 3.41. The van der Waals surface area contributed by atoms with Crippen molar-refractivity contribution in [1.82, 2.24) is 0 Å². The zero-order valence-corrected chi connectivity index (χ0v) is 8.47. The number of hydrogen-bond donors (Lipinski definition) is 0. The van der Waals surface area contributed by atoms with Crippen LogP contribution in [0.2, 0.25) is 0 Å². The van der Waals surface area contributed by atoms with Crippen molar-refractivity contribution in [2.24, 2.45) is 5.92 Å². The van der Waals surface area contributed by atoms with Crippen LogP contribution in [0.5, 0.6) is 0 Å². The fourth-order valence-electron chi connectivity index (χ4n) is 1.28. The molecule has 0 aromatic carbocycles. The first kappa shape index (κ1) is 10.7. The fraction of sp³-hybridized carbons (Fsp3) is 0.875. The van der Waals surface area contributed by atoms with Crippen LogP contribution in [-0.4, -0.2) is 39.4 Å². The Balaban J connectivity index is 2.33. The number of sulfone groups is 1. The number of carbonyl (C=O) groups is 1. The maximum atomic E-state index is 11.3. The molecule has 1 heterocycles. The van der Waals surface area contributed by atoms with Crippen LogP contribution in [0.4, 0.5) is 0 Å². The van der Waals surface area contributed by atoms with Gasteiger partial charge in [-0.15, -0.1) is 0 Å². The van der Waals surface area contributed by atoms with Crippen LogP contribution in [0, 0.1) is 5.92 Å². The molecule has 0 bridgehead atoms. The van der Waals surface area contributed by atoms with Gasteiger partial charge in [-0.1, -0.05) is 0 Å². The number of carbonyl (C=O) groups excluding carboxylic acids is 1. The highest BCUT2D eigenvalue weighted by Crippen LogP contribution is 2.15. The van der Waals surface area contributed by atoms with Gasteiger partial charge in [0.05, 0.1) is 12.4 Å². The molecule has 5 heteroatoms. The van der Waals surface area contributed by atoms with Gasteiger partial charge >= 0.3 is 0 Å². The SMILES string of the molecule is CS(=O)(=O)CCC(=O)C1CCOC1. The summed E-state index contributed by atoms with van der Waals surface area (Å²) >= 11 is 0. The van der Waals surface area contributed by atoms with Gasteiger partial charge in [-0.05, 0) is 6.42 Å². The number of rotatable bonds is 4. The summed E-state index contributed by atoms with van der Waals surface area (Å²) in [5.41, 5.74) is 0. The maximum absolute atomic E-state index is 11.3. The van der Waals surface area contributed by atoms with E-state index in [-0.39, 0.29) is 23.9 Å². The third-order valence-electron chi connectivity index (χ3n) is 2.10. The van der Waals surface area contributed by atoms with Gasteiger partial charge in [-0.2, -0.15) is 0 Å². The van der Waals surface area contributed by atoms with E-state index in [1.165, 1.54) is 0 Å². The van der Waals surface area contributed by atoms with Crippen LogP contribution in [-0.2, 0) is 19.4 Å². The van der Waals surface area contributed by atoms with Gasteiger partial charge in [0.25, 0.3) is 0 Å². The molecule has 0 saturated carbocycles. The third kappa shape index (κ3) is 3.87. The molecule has 1 aliphatic heterocycles. The number of ketones is 1. The Kier molecular flexibility index (Phi) is 3.44. The van der Waals surface area contributed by atoms with Gasteiger partial charge in [0, 0.05) is 25.2 Å². The van der Waals surface area contributed by atoms with Crippen LogP contribution in [0.1, 0.15) is 12.8 Å². The van der Waals surface area contributed by atoms with E-state index in [0.717, 1.165) is 12.7 Å². The van der Waals surface area contributed by atoms with Crippen molar-refractivity contribution in [3.63, 3.8) is 0 Å². The number of hydrogen-bond acceptors (Lipinski definition) is 4. The van der Waals surface area contributed by atoms with Gasteiger partial charge in [0.1, 0.15) is 15.6 Å². The smallest absolute Gasteiger partial charge is 0.147 e. The molecule has 1 rings (SSSR count). The zero-order valence-electron chi connectivity index (χ0n) is 7.65. The largest absolute Gasteiger partial charge is 0.381 e. The van der Waals surface area contributed by atoms with Crippen molar-refractivity contribution in [3.8, 4) is 0 Å². The monoisotopic (exact) mass is 206 g/mol. The predicted octanol–water partition coefficient (Wildman–Crippen LogP) is 0.0267. The van der Waals surface area contributed by atoms with Crippen molar-refractivity contribution in [2.45, 2.75) is 12.8 Å². The molecule has 0 aliphatic carbocycles. The highest BCUT2D eigenvalue weighted by Gasteiger charge is 2.23. The lowest BCUT2D eigenvalue weighted by Crippen LogP contribution is -2.18. The summed E-state index contributed by atoms with van der Waals surface area (Å²) in [5, 5.41) is 0. The van der Waals surface area contributed by atoms with Gasteiger partial charge in [-0.3, -0.25) is 4.79 Å². The van der Waals surface area contributed by atoms with Crippen molar-refractivity contribution >= 4 is 15.6 Å². The highest BCUT2D eigenvalue weighted by molar-refractivity contribution is 7.90. The predicted molar refractivity (Wildman–Crippen MR) is 48.3 cm³/mol. The average Bonchev–Trinajstić information content (AvgIpc) is 2.50. The van der Waals surface area contributed by atoms with Crippen LogP contribution >= 0.6 is 0 Å². The molecule has 0 aromatic rings. The molecule has 1 atom stereocenters. The van der Waals surface area contributed by atoms with Gasteiger partial charge in [0.2, 0.25) is 0 Å². The highest BCUT2D eigenvalue weighted by atomic mass is 32.2. The average molecular weight is 206 g/mol. The molecule has 1 fully saturated rings. The van der Waals surface area contributed by atoms with E-state index >= 15 is 0 Å². The van der Waals surface area contributed by atoms with E-state index in [2.05, 4.69) is 0 Å². The van der Waals surface area contributed by atoms with Crippen molar-refractivity contribution in [2.75, 3.05) is 25.2 Å². The normalized spacial score (nSPS) is 23.3. The molecule has 1 aliphatic rings. The first-order valence-electron chi connectivity index (χ1n) is 4.27. The molecule has 1 unspecified atom stereocenters. The van der Waals surface area contributed by atoms with Crippen LogP contribution < -0.4 is 0 Å². The summed E-state index contributed by atoms with van der Waals surface area (Å²) in [4.78, 5) is 11.3. The summed E-state index contributed by atoms with van der Waals surface area (Å²) in [7, 11) is -3.01. The Morgan fingerprint density at radius 2 is 2.23 bits per heavy atom. The van der Waals surface area contributed by atoms with Crippen LogP contribution in [0.25, 0.3) is 0 Å². The molecule has 0 radical (unpaired) electrons. The minimum Gasteiger partial charge on any atom is -0.381 e. The van der Waals surface area contributed by atoms with E-state index < -0.39 is 9.84 Å². The van der Waals surface area contributed by atoms with E-state index in [1.807, 2.05) is 0 Å². The van der Waals surface area contributed by atoms with Crippen molar-refractivity contribution in [3.05, 3.63) is 0 Å². The van der Waals surface area contributed by atoms with E-state index in [1.54, 1.807) is 0 Å². The lowest BCUT2D eigenvalue weighted by Gasteiger charge is -2.04. The second-order valence-corrected chi connectivity index (χ2v) is 5.67. The number of Topliss-reactive ketones (excluding diaryl/α,β-unsaturated/α-hetero) is 1. The van der Waals surface area contributed by atoms with E-state index in [9.17, 15) is 13.2 Å². The Labute approximate surface area is 78.2 Å². The summed E-state index contributed by atoms with van der Waals surface area (Å²) in [6, 6.07) is 0. The molecular formula is C8H14O4S. The van der Waals surface area contributed by atoms with E-state index in [0.29, 0.717) is 13.2 Å². The number of ether oxygens (including phenoxy) is 1. The summed E-state index contributed by atoms with van der Waals surface area (Å²) in [5.74, 6) is -0.0906. The lowest BCUT2D eigenvalue weighted by atomic mass is 10.0. The molecule has 76 valence electrons. The van der Waals surface area contributed by atoms with Crippen LogP contribution in [0.15, 0.2) is 0 Å².